The first-order valence-corrected chi connectivity index (χ1v) is 5.33. The first kappa shape index (κ1) is 9.62. The second-order valence-corrected chi connectivity index (χ2v) is 4.12. The molecule has 1 aliphatic rings. The van der Waals surface area contributed by atoms with E-state index in [1.54, 1.807) is 11.8 Å². The molecular formula is C11H10BOS. The van der Waals surface area contributed by atoms with Gasteiger partial charge in [0.2, 0.25) is 0 Å². The van der Waals surface area contributed by atoms with Gasteiger partial charge in [0, 0.05) is 4.91 Å². The molecule has 0 fully saturated rings. The van der Waals surface area contributed by atoms with E-state index in [9.17, 15) is 0 Å². The molecule has 0 spiro atoms. The summed E-state index contributed by atoms with van der Waals surface area (Å²) in [6.45, 7) is 0. The van der Waals surface area contributed by atoms with E-state index < -0.39 is 0 Å². The molecule has 1 N–H and O–H groups in total. The predicted molar refractivity (Wildman–Crippen MR) is 62.7 cm³/mol. The lowest BCUT2D eigenvalue weighted by molar-refractivity contribution is 0.613. The Morgan fingerprint density at radius 2 is 1.93 bits per heavy atom. The molecule has 0 atom stereocenters. The van der Waals surface area contributed by atoms with E-state index in [1.165, 1.54) is 18.0 Å². The molecule has 0 aromatic heterocycles. The van der Waals surface area contributed by atoms with Crippen LogP contribution in [0, 0.1) is 0 Å². The van der Waals surface area contributed by atoms with E-state index in [0.29, 0.717) is 0 Å². The lowest BCUT2D eigenvalue weighted by atomic mass is 10.0. The van der Waals surface area contributed by atoms with Crippen LogP contribution in [0.4, 0.5) is 0 Å². The number of thioether (sulfide) groups is 1. The highest BCUT2D eigenvalue weighted by Gasteiger charge is 2.09. The molecule has 0 amide bonds. The van der Waals surface area contributed by atoms with Crippen molar-refractivity contribution in [2.24, 2.45) is 0 Å². The van der Waals surface area contributed by atoms with Crippen LogP contribution in [0.3, 0.4) is 0 Å². The summed E-state index contributed by atoms with van der Waals surface area (Å²) in [6.07, 6.45) is 5.08. The lowest BCUT2D eigenvalue weighted by Gasteiger charge is -2.12. The van der Waals surface area contributed by atoms with Crippen molar-refractivity contribution in [1.29, 1.82) is 0 Å². The molecule has 14 heavy (non-hydrogen) atoms. The smallest absolute Gasteiger partial charge is 0.333 e. The molecule has 3 heteroatoms. The van der Waals surface area contributed by atoms with Crippen molar-refractivity contribution < 1.29 is 5.02 Å². The Morgan fingerprint density at radius 1 is 1.14 bits per heavy atom. The van der Waals surface area contributed by atoms with Crippen molar-refractivity contribution in [2.45, 2.75) is 6.42 Å². The van der Waals surface area contributed by atoms with Crippen LogP contribution < -0.4 is 0 Å². The Hall–Kier alpha value is -0.925. The first-order valence-electron chi connectivity index (χ1n) is 4.51. The quantitative estimate of drug-likeness (QED) is 0.742. The zero-order valence-corrected chi connectivity index (χ0v) is 8.50. The standard InChI is InChI=1S/C11H10BOS/c13-12-11-8-4-7-10(14-11)9-5-2-1-3-6-9/h1-3,5-8,13H,4H2. The number of benzene rings is 1. The van der Waals surface area contributed by atoms with E-state index in [-0.39, 0.29) is 0 Å². The SMILES string of the molecule is O[B]C1=CCC=C(c2ccccc2)S1. The third-order valence-corrected chi connectivity index (χ3v) is 3.17. The molecule has 1 radical (unpaired) electrons. The zero-order chi connectivity index (χ0) is 9.80. The molecule has 1 aromatic carbocycles. The average Bonchev–Trinajstić information content (AvgIpc) is 2.30. The van der Waals surface area contributed by atoms with Gasteiger partial charge in [0.1, 0.15) is 0 Å². The summed E-state index contributed by atoms with van der Waals surface area (Å²) in [5, 5.41) is 8.91. The summed E-state index contributed by atoms with van der Waals surface area (Å²) in [4.78, 5) is 2.14. The second-order valence-electron chi connectivity index (χ2n) is 3.01. The van der Waals surface area contributed by atoms with Crippen LogP contribution in [-0.4, -0.2) is 12.5 Å². The van der Waals surface area contributed by atoms with E-state index in [4.69, 9.17) is 5.02 Å². The van der Waals surface area contributed by atoms with Gasteiger partial charge in [0.25, 0.3) is 0 Å². The van der Waals surface area contributed by atoms with Crippen molar-refractivity contribution in [1.82, 2.24) is 0 Å². The van der Waals surface area contributed by atoms with Crippen molar-refractivity contribution in [3.8, 4) is 0 Å². The summed E-state index contributed by atoms with van der Waals surface area (Å²) in [5.74, 6) is 0. The molecule has 1 heterocycles. The fourth-order valence-electron chi connectivity index (χ4n) is 1.35. The van der Waals surface area contributed by atoms with E-state index in [2.05, 4.69) is 18.2 Å². The van der Waals surface area contributed by atoms with Gasteiger partial charge in [-0.3, -0.25) is 0 Å². The van der Waals surface area contributed by atoms with Gasteiger partial charge in [-0.25, -0.2) is 0 Å². The molecule has 2 rings (SSSR count). The molecule has 0 aliphatic carbocycles. The lowest BCUT2D eigenvalue weighted by Crippen LogP contribution is -1.94. The Kier molecular flexibility index (Phi) is 3.12. The van der Waals surface area contributed by atoms with Gasteiger partial charge >= 0.3 is 7.48 Å². The van der Waals surface area contributed by atoms with Gasteiger partial charge in [-0.15, -0.1) is 11.8 Å². The summed E-state index contributed by atoms with van der Waals surface area (Å²) in [7, 11) is 1.17. The van der Waals surface area contributed by atoms with Gasteiger partial charge in [0.15, 0.2) is 0 Å². The normalized spacial score (nSPS) is 15.8. The van der Waals surface area contributed by atoms with Crippen molar-refractivity contribution in [2.75, 3.05) is 0 Å². The molecule has 0 unspecified atom stereocenters. The fraction of sp³-hybridized carbons (Fsp3) is 0.0909. The number of rotatable bonds is 2. The summed E-state index contributed by atoms with van der Waals surface area (Å²) in [5.41, 5.74) is 1.21. The summed E-state index contributed by atoms with van der Waals surface area (Å²) in [6, 6.07) is 10.2. The molecule has 1 aliphatic heterocycles. The van der Waals surface area contributed by atoms with Crippen molar-refractivity contribution in [3.05, 3.63) is 52.9 Å². The Balaban J connectivity index is 2.18. The number of allylic oxidation sites excluding steroid dienone is 2. The summed E-state index contributed by atoms with van der Waals surface area (Å²) >= 11 is 1.60. The highest BCUT2D eigenvalue weighted by molar-refractivity contribution is 8.13. The van der Waals surface area contributed by atoms with Crippen molar-refractivity contribution >= 4 is 24.1 Å². The van der Waals surface area contributed by atoms with Crippen LogP contribution in [0.2, 0.25) is 0 Å². The van der Waals surface area contributed by atoms with Crippen LogP contribution in [0.25, 0.3) is 4.91 Å². The third kappa shape index (κ3) is 2.11. The van der Waals surface area contributed by atoms with Crippen LogP contribution in [0.5, 0.6) is 0 Å². The molecule has 0 saturated carbocycles. The van der Waals surface area contributed by atoms with Crippen LogP contribution in [0.1, 0.15) is 12.0 Å². The van der Waals surface area contributed by atoms with Gasteiger partial charge in [0.05, 0.1) is 0 Å². The Morgan fingerprint density at radius 3 is 2.64 bits per heavy atom. The van der Waals surface area contributed by atoms with Crippen LogP contribution in [0.15, 0.2) is 47.3 Å². The monoisotopic (exact) mass is 201 g/mol. The van der Waals surface area contributed by atoms with E-state index in [0.717, 1.165) is 11.2 Å². The highest BCUT2D eigenvalue weighted by atomic mass is 32.2. The average molecular weight is 201 g/mol. The topological polar surface area (TPSA) is 20.2 Å². The maximum atomic E-state index is 8.91. The molecular weight excluding hydrogens is 191 g/mol. The summed E-state index contributed by atoms with van der Waals surface area (Å²) < 4.78 is 0. The maximum Gasteiger partial charge on any atom is 0.333 e. The Labute approximate surface area is 88.8 Å². The molecule has 1 nitrogen and oxygen atoms in total. The van der Waals surface area contributed by atoms with Crippen molar-refractivity contribution in [3.63, 3.8) is 0 Å². The Bertz CT molecular complexity index is 370. The van der Waals surface area contributed by atoms with Gasteiger partial charge in [-0.05, 0) is 16.8 Å². The minimum Gasteiger partial charge on any atom is -0.449 e. The third-order valence-electron chi connectivity index (χ3n) is 2.04. The molecule has 69 valence electrons. The van der Waals surface area contributed by atoms with Crippen LogP contribution in [-0.2, 0) is 0 Å². The van der Waals surface area contributed by atoms with Gasteiger partial charge in [-0.2, -0.15) is 0 Å². The van der Waals surface area contributed by atoms with Crippen LogP contribution >= 0.6 is 11.8 Å². The fourth-order valence-corrected chi connectivity index (χ4v) is 2.27. The molecule has 1 aromatic rings. The number of hydrogen-bond donors (Lipinski definition) is 1. The van der Waals surface area contributed by atoms with E-state index >= 15 is 0 Å². The first-order chi connectivity index (χ1) is 6.90. The predicted octanol–water partition coefficient (Wildman–Crippen LogP) is 2.62. The van der Waals surface area contributed by atoms with Gasteiger partial charge < -0.3 is 5.02 Å². The molecule has 0 bridgehead atoms. The second kappa shape index (κ2) is 4.53. The molecule has 0 saturated heterocycles. The van der Waals surface area contributed by atoms with Gasteiger partial charge in [-0.1, -0.05) is 42.5 Å². The maximum absolute atomic E-state index is 8.91. The minimum absolute atomic E-state index is 0.892. The largest absolute Gasteiger partial charge is 0.449 e. The highest BCUT2D eigenvalue weighted by Crippen LogP contribution is 2.36. The zero-order valence-electron chi connectivity index (χ0n) is 7.68. The number of hydrogen-bond acceptors (Lipinski definition) is 2. The minimum atomic E-state index is 0.892. The van der Waals surface area contributed by atoms with E-state index in [1.807, 2.05) is 24.3 Å².